The Bertz CT molecular complexity index is 415. The van der Waals surface area contributed by atoms with Crippen molar-refractivity contribution < 1.29 is 14.6 Å². The maximum Gasteiger partial charge on any atom is 0.230 e. The molecule has 0 aliphatic carbocycles. The van der Waals surface area contributed by atoms with Crippen LogP contribution >= 0.6 is 0 Å². The third kappa shape index (κ3) is 4.22. The van der Waals surface area contributed by atoms with Crippen LogP contribution < -0.4 is 11.1 Å². The van der Waals surface area contributed by atoms with Crippen LogP contribution in [0.1, 0.15) is 19.4 Å². The molecule has 0 fully saturated rings. The van der Waals surface area contributed by atoms with E-state index in [9.17, 15) is 9.90 Å². The Morgan fingerprint density at radius 2 is 2.00 bits per heavy atom. The molecule has 0 aliphatic rings. The highest BCUT2D eigenvalue weighted by molar-refractivity contribution is 5.87. The van der Waals surface area contributed by atoms with E-state index in [4.69, 9.17) is 10.5 Å². The molecule has 0 bridgehead atoms. The SMILES string of the molecule is COCC(O)CNC(=O)C(C)(C)c1ccc(N)cc1. The van der Waals surface area contributed by atoms with Gasteiger partial charge in [0.05, 0.1) is 18.1 Å². The smallest absolute Gasteiger partial charge is 0.230 e. The fourth-order valence-electron chi connectivity index (χ4n) is 1.71. The van der Waals surface area contributed by atoms with Crippen LogP contribution in [-0.2, 0) is 14.9 Å². The number of carbonyl (C=O) groups is 1. The van der Waals surface area contributed by atoms with Crippen molar-refractivity contribution in [1.82, 2.24) is 5.32 Å². The minimum Gasteiger partial charge on any atom is -0.399 e. The van der Waals surface area contributed by atoms with E-state index >= 15 is 0 Å². The minimum absolute atomic E-state index is 0.146. The predicted octanol–water partition coefficient (Wildman–Crippen LogP) is 0.670. The molecule has 0 heterocycles. The Morgan fingerprint density at radius 1 is 1.42 bits per heavy atom. The van der Waals surface area contributed by atoms with E-state index < -0.39 is 11.5 Å². The molecule has 1 unspecified atom stereocenters. The van der Waals surface area contributed by atoms with Crippen molar-refractivity contribution in [3.8, 4) is 0 Å². The van der Waals surface area contributed by atoms with Crippen molar-refractivity contribution >= 4 is 11.6 Å². The molecule has 19 heavy (non-hydrogen) atoms. The monoisotopic (exact) mass is 266 g/mol. The molecule has 0 spiro atoms. The second kappa shape index (κ2) is 6.54. The van der Waals surface area contributed by atoms with E-state index in [2.05, 4.69) is 5.32 Å². The normalized spacial score (nSPS) is 13.1. The lowest BCUT2D eigenvalue weighted by Gasteiger charge is -2.25. The molecule has 0 saturated heterocycles. The van der Waals surface area contributed by atoms with Crippen LogP contribution in [0.5, 0.6) is 0 Å². The molecule has 0 saturated carbocycles. The van der Waals surface area contributed by atoms with Gasteiger partial charge in [-0.05, 0) is 31.5 Å². The number of amides is 1. The van der Waals surface area contributed by atoms with Crippen molar-refractivity contribution in [2.75, 3.05) is 26.0 Å². The molecule has 1 aromatic carbocycles. The van der Waals surface area contributed by atoms with Crippen molar-refractivity contribution in [3.05, 3.63) is 29.8 Å². The number of rotatable bonds is 6. The Balaban J connectivity index is 2.66. The highest BCUT2D eigenvalue weighted by Gasteiger charge is 2.29. The van der Waals surface area contributed by atoms with Crippen molar-refractivity contribution in [1.29, 1.82) is 0 Å². The second-order valence-corrected chi connectivity index (χ2v) is 5.07. The number of aliphatic hydroxyl groups excluding tert-OH is 1. The molecular weight excluding hydrogens is 244 g/mol. The third-order valence-electron chi connectivity index (χ3n) is 3.06. The average Bonchev–Trinajstić information content (AvgIpc) is 2.36. The number of methoxy groups -OCH3 is 1. The number of benzene rings is 1. The first-order chi connectivity index (χ1) is 8.87. The topological polar surface area (TPSA) is 84.6 Å². The summed E-state index contributed by atoms with van der Waals surface area (Å²) < 4.78 is 4.80. The first kappa shape index (κ1) is 15.5. The fraction of sp³-hybridized carbons (Fsp3) is 0.500. The van der Waals surface area contributed by atoms with Crippen LogP contribution in [0.25, 0.3) is 0 Å². The van der Waals surface area contributed by atoms with E-state index in [-0.39, 0.29) is 19.1 Å². The molecule has 4 N–H and O–H groups in total. The summed E-state index contributed by atoms with van der Waals surface area (Å²) in [5.74, 6) is -0.146. The minimum atomic E-state index is -0.698. The molecule has 0 radical (unpaired) electrons. The van der Waals surface area contributed by atoms with Gasteiger partial charge in [0.15, 0.2) is 0 Å². The number of aliphatic hydroxyl groups is 1. The second-order valence-electron chi connectivity index (χ2n) is 5.07. The van der Waals surface area contributed by atoms with Gasteiger partial charge in [-0.1, -0.05) is 12.1 Å². The largest absolute Gasteiger partial charge is 0.399 e. The molecule has 0 aliphatic heterocycles. The number of nitrogens with two attached hydrogens (primary N) is 1. The first-order valence-corrected chi connectivity index (χ1v) is 6.19. The quantitative estimate of drug-likeness (QED) is 0.661. The summed E-state index contributed by atoms with van der Waals surface area (Å²) in [6.45, 7) is 4.03. The summed E-state index contributed by atoms with van der Waals surface area (Å²) in [7, 11) is 1.50. The van der Waals surface area contributed by atoms with Crippen molar-refractivity contribution in [2.24, 2.45) is 0 Å². The van der Waals surface area contributed by atoms with Crippen molar-refractivity contribution in [3.63, 3.8) is 0 Å². The lowest BCUT2D eigenvalue weighted by atomic mass is 9.83. The fourth-order valence-corrected chi connectivity index (χ4v) is 1.71. The predicted molar refractivity (Wildman–Crippen MR) is 74.8 cm³/mol. The zero-order chi connectivity index (χ0) is 14.5. The number of nitrogens with one attached hydrogen (secondary N) is 1. The molecule has 1 aromatic rings. The van der Waals surface area contributed by atoms with Gasteiger partial charge in [0.25, 0.3) is 0 Å². The standard InChI is InChI=1S/C14H22N2O3/c1-14(2,10-4-6-11(15)7-5-10)13(18)16-8-12(17)9-19-3/h4-7,12,17H,8-9,15H2,1-3H3,(H,16,18). The van der Waals surface area contributed by atoms with Crippen LogP contribution in [0.15, 0.2) is 24.3 Å². The maximum atomic E-state index is 12.2. The lowest BCUT2D eigenvalue weighted by molar-refractivity contribution is -0.126. The summed E-state index contributed by atoms with van der Waals surface area (Å²) in [4.78, 5) is 12.2. The summed E-state index contributed by atoms with van der Waals surface area (Å²) in [6, 6.07) is 7.20. The molecule has 1 atom stereocenters. The first-order valence-electron chi connectivity index (χ1n) is 6.19. The Kier molecular flexibility index (Phi) is 5.32. The Hall–Kier alpha value is -1.59. The van der Waals surface area contributed by atoms with Gasteiger partial charge in [-0.15, -0.1) is 0 Å². The number of nitrogen functional groups attached to an aromatic ring is 1. The van der Waals surface area contributed by atoms with Crippen LogP contribution in [0.4, 0.5) is 5.69 Å². The van der Waals surface area contributed by atoms with Crippen LogP contribution in [-0.4, -0.2) is 37.4 Å². The summed E-state index contributed by atoms with van der Waals surface area (Å²) in [5, 5.41) is 12.2. The maximum absolute atomic E-state index is 12.2. The molecule has 5 nitrogen and oxygen atoms in total. The van der Waals surface area contributed by atoms with Crippen LogP contribution in [0.2, 0.25) is 0 Å². The number of carbonyl (C=O) groups excluding carboxylic acids is 1. The van der Waals surface area contributed by atoms with Gasteiger partial charge >= 0.3 is 0 Å². The molecule has 5 heteroatoms. The van der Waals surface area contributed by atoms with E-state index in [1.54, 1.807) is 12.1 Å². The molecule has 106 valence electrons. The van der Waals surface area contributed by atoms with E-state index in [1.807, 2.05) is 26.0 Å². The Morgan fingerprint density at radius 3 is 2.53 bits per heavy atom. The van der Waals surface area contributed by atoms with Gasteiger partial charge in [-0.3, -0.25) is 4.79 Å². The number of anilines is 1. The van der Waals surface area contributed by atoms with Crippen LogP contribution in [0, 0.1) is 0 Å². The zero-order valence-electron chi connectivity index (χ0n) is 11.6. The average molecular weight is 266 g/mol. The molecular formula is C14H22N2O3. The van der Waals surface area contributed by atoms with Gasteiger partial charge in [-0.2, -0.15) is 0 Å². The van der Waals surface area contributed by atoms with Gasteiger partial charge in [0.1, 0.15) is 0 Å². The lowest BCUT2D eigenvalue weighted by Crippen LogP contribution is -2.43. The highest BCUT2D eigenvalue weighted by atomic mass is 16.5. The van der Waals surface area contributed by atoms with Gasteiger partial charge in [0.2, 0.25) is 5.91 Å². The van der Waals surface area contributed by atoms with E-state index in [1.165, 1.54) is 7.11 Å². The summed E-state index contributed by atoms with van der Waals surface area (Å²) >= 11 is 0. The summed E-state index contributed by atoms with van der Waals surface area (Å²) in [5.41, 5.74) is 6.49. The number of ether oxygens (including phenoxy) is 1. The van der Waals surface area contributed by atoms with Gasteiger partial charge < -0.3 is 20.9 Å². The number of hydrogen-bond acceptors (Lipinski definition) is 4. The molecule has 0 aromatic heterocycles. The molecule has 1 amide bonds. The van der Waals surface area contributed by atoms with Crippen molar-refractivity contribution in [2.45, 2.75) is 25.4 Å². The highest BCUT2D eigenvalue weighted by Crippen LogP contribution is 2.24. The van der Waals surface area contributed by atoms with E-state index in [0.29, 0.717) is 5.69 Å². The van der Waals surface area contributed by atoms with Crippen LogP contribution in [0.3, 0.4) is 0 Å². The summed E-state index contributed by atoms with van der Waals surface area (Å²) in [6.07, 6.45) is -0.698. The zero-order valence-corrected chi connectivity index (χ0v) is 11.6. The Labute approximate surface area is 113 Å². The van der Waals surface area contributed by atoms with Gasteiger partial charge in [-0.25, -0.2) is 0 Å². The molecule has 1 rings (SSSR count). The van der Waals surface area contributed by atoms with Gasteiger partial charge in [0, 0.05) is 19.3 Å². The number of hydrogen-bond donors (Lipinski definition) is 3. The van der Waals surface area contributed by atoms with E-state index in [0.717, 1.165) is 5.56 Å². The third-order valence-corrected chi connectivity index (χ3v) is 3.06.